The van der Waals surface area contributed by atoms with Crippen molar-refractivity contribution in [1.29, 1.82) is 0 Å². The van der Waals surface area contributed by atoms with E-state index in [0.29, 0.717) is 11.1 Å². The molecule has 0 unspecified atom stereocenters. The third-order valence-corrected chi connectivity index (χ3v) is 4.01. The van der Waals surface area contributed by atoms with E-state index in [2.05, 4.69) is 39.7 Å². The van der Waals surface area contributed by atoms with Gasteiger partial charge in [0.2, 0.25) is 5.91 Å². The molecule has 4 nitrogen and oxygen atoms in total. The molecule has 3 amide bonds. The van der Waals surface area contributed by atoms with Gasteiger partial charge in [-0.3, -0.25) is 15.0 Å². The Morgan fingerprint density at radius 2 is 2.18 bits per heavy atom. The molecule has 1 heterocycles. The van der Waals surface area contributed by atoms with Gasteiger partial charge in [0, 0.05) is 29.4 Å². The van der Waals surface area contributed by atoms with E-state index >= 15 is 0 Å². The number of aryl methyl sites for hydroxylation is 1. The molecule has 0 atom stereocenters. The number of unbranched alkanes of at least 4 members (excludes halogenated alkanes) is 1. The molecule has 0 spiro atoms. The molecular formula is C16H16FIN2O2. The van der Waals surface area contributed by atoms with E-state index in [4.69, 9.17) is 0 Å². The minimum absolute atomic E-state index is 0.169. The normalized spacial score (nSPS) is 14.4. The van der Waals surface area contributed by atoms with Crippen molar-refractivity contribution >= 4 is 40.2 Å². The van der Waals surface area contributed by atoms with Gasteiger partial charge in [0.1, 0.15) is 5.82 Å². The lowest BCUT2D eigenvalue weighted by molar-refractivity contribution is -0.120. The molecule has 0 saturated carbocycles. The number of nitrogens with zero attached hydrogens (tertiary/aromatic N) is 1. The molecule has 0 radical (unpaired) electrons. The van der Waals surface area contributed by atoms with Crippen LogP contribution in [0.4, 0.5) is 14.9 Å². The number of halogens is 2. The minimum Gasteiger partial charge on any atom is -0.290 e. The summed E-state index contributed by atoms with van der Waals surface area (Å²) in [6, 6.07) is 2.52. The number of alkyl halides is 1. The Bertz CT molecular complexity index is 641. The van der Waals surface area contributed by atoms with E-state index in [1.165, 1.54) is 11.0 Å². The van der Waals surface area contributed by atoms with Crippen molar-refractivity contribution in [2.75, 3.05) is 15.9 Å². The molecule has 0 aliphatic carbocycles. The number of benzene rings is 1. The SMILES string of the molecule is Cc1cc(C#CCCCI)cc(F)c1N1CCC(=O)NC1=O. The van der Waals surface area contributed by atoms with Crippen molar-refractivity contribution in [3.05, 3.63) is 29.1 Å². The van der Waals surface area contributed by atoms with Crippen LogP contribution in [0.3, 0.4) is 0 Å². The Morgan fingerprint density at radius 3 is 2.82 bits per heavy atom. The number of anilines is 1. The highest BCUT2D eigenvalue weighted by Crippen LogP contribution is 2.27. The summed E-state index contributed by atoms with van der Waals surface area (Å²) in [5.74, 6) is 5.12. The maximum atomic E-state index is 14.4. The smallest absolute Gasteiger partial charge is 0.290 e. The predicted octanol–water partition coefficient (Wildman–Crippen LogP) is 3.15. The van der Waals surface area contributed by atoms with E-state index in [1.54, 1.807) is 13.0 Å². The van der Waals surface area contributed by atoms with Gasteiger partial charge in [-0.05, 0) is 31.0 Å². The number of imide groups is 1. The predicted molar refractivity (Wildman–Crippen MR) is 91.6 cm³/mol. The first-order chi connectivity index (χ1) is 10.5. The van der Waals surface area contributed by atoms with E-state index in [9.17, 15) is 14.0 Å². The van der Waals surface area contributed by atoms with Gasteiger partial charge >= 0.3 is 6.03 Å². The van der Waals surface area contributed by atoms with Crippen molar-refractivity contribution in [3.63, 3.8) is 0 Å². The average Bonchev–Trinajstić information content (AvgIpc) is 2.45. The molecule has 1 aromatic rings. The van der Waals surface area contributed by atoms with Crippen LogP contribution < -0.4 is 10.2 Å². The topological polar surface area (TPSA) is 49.4 Å². The van der Waals surface area contributed by atoms with Crippen LogP contribution in [0.1, 0.15) is 30.4 Å². The maximum Gasteiger partial charge on any atom is 0.328 e. The first kappa shape index (κ1) is 16.7. The summed E-state index contributed by atoms with van der Waals surface area (Å²) in [6.45, 7) is 1.92. The first-order valence-electron chi connectivity index (χ1n) is 6.99. The summed E-state index contributed by atoms with van der Waals surface area (Å²) in [4.78, 5) is 24.3. The third kappa shape index (κ3) is 3.97. The Balaban J connectivity index is 2.25. The van der Waals surface area contributed by atoms with Gasteiger partial charge in [-0.1, -0.05) is 34.4 Å². The Hall–Kier alpha value is -1.62. The fourth-order valence-electron chi connectivity index (χ4n) is 2.25. The van der Waals surface area contributed by atoms with Crippen molar-refractivity contribution in [3.8, 4) is 11.8 Å². The molecule has 1 aliphatic rings. The molecule has 1 fully saturated rings. The average molecular weight is 414 g/mol. The summed E-state index contributed by atoms with van der Waals surface area (Å²) in [7, 11) is 0. The monoisotopic (exact) mass is 414 g/mol. The first-order valence-corrected chi connectivity index (χ1v) is 8.52. The molecule has 0 bridgehead atoms. The van der Waals surface area contributed by atoms with E-state index in [1.807, 2.05) is 0 Å². The molecule has 1 N–H and O–H groups in total. The van der Waals surface area contributed by atoms with Gasteiger partial charge in [-0.2, -0.15) is 0 Å². The van der Waals surface area contributed by atoms with Gasteiger partial charge in [0.05, 0.1) is 5.69 Å². The lowest BCUT2D eigenvalue weighted by Gasteiger charge is -2.28. The Kier molecular flexibility index (Phi) is 5.77. The highest BCUT2D eigenvalue weighted by atomic mass is 127. The van der Waals surface area contributed by atoms with Crippen LogP contribution in [0.25, 0.3) is 0 Å². The van der Waals surface area contributed by atoms with Crippen molar-refractivity contribution in [1.82, 2.24) is 5.32 Å². The summed E-state index contributed by atoms with van der Waals surface area (Å²) in [5.41, 5.74) is 1.44. The number of hydrogen-bond acceptors (Lipinski definition) is 2. The van der Waals surface area contributed by atoms with E-state index < -0.39 is 11.8 Å². The Labute approximate surface area is 142 Å². The number of hydrogen-bond donors (Lipinski definition) is 1. The van der Waals surface area contributed by atoms with Crippen molar-refractivity contribution < 1.29 is 14.0 Å². The summed E-state index contributed by atoms with van der Waals surface area (Å²) in [6.07, 6.45) is 1.96. The van der Waals surface area contributed by atoms with Gasteiger partial charge in [0.15, 0.2) is 0 Å². The van der Waals surface area contributed by atoms with Gasteiger partial charge in [0.25, 0.3) is 0 Å². The van der Waals surface area contributed by atoms with Crippen molar-refractivity contribution in [2.45, 2.75) is 26.2 Å². The maximum absolute atomic E-state index is 14.4. The fraction of sp³-hybridized carbons (Fsp3) is 0.375. The second-order valence-electron chi connectivity index (χ2n) is 4.97. The highest BCUT2D eigenvalue weighted by Gasteiger charge is 2.27. The van der Waals surface area contributed by atoms with Crippen LogP contribution in [0.2, 0.25) is 0 Å². The number of carbonyl (C=O) groups is 2. The van der Waals surface area contributed by atoms with E-state index in [0.717, 1.165) is 17.3 Å². The lowest BCUT2D eigenvalue weighted by atomic mass is 10.1. The van der Waals surface area contributed by atoms with Crippen molar-refractivity contribution in [2.24, 2.45) is 0 Å². The number of amides is 3. The standard InChI is InChI=1S/C16H16FIN2O2/c1-11-9-12(5-3-2-4-7-18)10-13(17)15(11)20-8-6-14(21)19-16(20)22/h9-10H,2,4,6-8H2,1H3,(H,19,21,22). The molecule has 0 aromatic heterocycles. The molecule has 2 rings (SSSR count). The lowest BCUT2D eigenvalue weighted by Crippen LogP contribution is -2.50. The molecule has 6 heteroatoms. The number of carbonyl (C=O) groups excluding carboxylic acids is 2. The number of urea groups is 1. The van der Waals surface area contributed by atoms with Crippen LogP contribution in [0, 0.1) is 24.6 Å². The Morgan fingerprint density at radius 1 is 1.41 bits per heavy atom. The highest BCUT2D eigenvalue weighted by molar-refractivity contribution is 14.1. The second-order valence-corrected chi connectivity index (χ2v) is 6.05. The zero-order valence-electron chi connectivity index (χ0n) is 12.2. The molecule has 1 aromatic carbocycles. The van der Waals surface area contributed by atoms with Gasteiger partial charge in [-0.15, -0.1) is 0 Å². The largest absolute Gasteiger partial charge is 0.328 e. The summed E-state index contributed by atoms with van der Waals surface area (Å²) in [5, 5.41) is 2.20. The third-order valence-electron chi connectivity index (χ3n) is 3.25. The van der Waals surface area contributed by atoms with Gasteiger partial charge < -0.3 is 0 Å². The van der Waals surface area contributed by atoms with Crippen LogP contribution in [-0.2, 0) is 4.79 Å². The van der Waals surface area contributed by atoms with Crippen LogP contribution in [0.5, 0.6) is 0 Å². The molecule has 1 saturated heterocycles. The quantitative estimate of drug-likeness (QED) is 0.358. The van der Waals surface area contributed by atoms with Crippen LogP contribution in [0.15, 0.2) is 12.1 Å². The second kappa shape index (κ2) is 7.58. The number of nitrogens with one attached hydrogen (secondary N) is 1. The molecule has 1 aliphatic heterocycles. The molecular weight excluding hydrogens is 398 g/mol. The van der Waals surface area contributed by atoms with Crippen LogP contribution in [-0.4, -0.2) is 22.9 Å². The fourth-order valence-corrected chi connectivity index (χ4v) is 2.63. The summed E-state index contributed by atoms with van der Waals surface area (Å²) >= 11 is 2.29. The summed E-state index contributed by atoms with van der Waals surface area (Å²) < 4.78 is 15.4. The zero-order chi connectivity index (χ0) is 16.1. The van der Waals surface area contributed by atoms with Gasteiger partial charge in [-0.25, -0.2) is 9.18 Å². The minimum atomic E-state index is -0.584. The zero-order valence-corrected chi connectivity index (χ0v) is 14.4. The number of rotatable bonds is 3. The van der Waals surface area contributed by atoms with Crippen LogP contribution >= 0.6 is 22.6 Å². The molecule has 22 heavy (non-hydrogen) atoms. The molecule has 116 valence electrons. The van der Waals surface area contributed by atoms with E-state index in [-0.39, 0.29) is 24.6 Å².